The second-order valence-corrected chi connectivity index (χ2v) is 2.92. The summed E-state index contributed by atoms with van der Waals surface area (Å²) in [5, 5.41) is 4.04. The maximum atomic E-state index is 11.2. The Morgan fingerprint density at radius 2 is 2.38 bits per heavy atom. The molecule has 0 amide bonds. The fourth-order valence-corrected chi connectivity index (χ4v) is 1.26. The molecule has 4 heteroatoms. The molecule has 0 N–H and O–H groups in total. The topological polar surface area (TPSA) is 44.1 Å². The van der Waals surface area contributed by atoms with Crippen molar-refractivity contribution in [1.29, 1.82) is 0 Å². The Balaban J connectivity index is 2.96. The van der Waals surface area contributed by atoms with E-state index >= 15 is 0 Å². The minimum absolute atomic E-state index is 0.357. The minimum atomic E-state index is -0.357. The lowest BCUT2D eigenvalue weighted by molar-refractivity contribution is 0.0592. The molecule has 0 saturated carbocycles. The predicted molar refractivity (Wildman–Crippen MR) is 48.5 cm³/mol. The van der Waals surface area contributed by atoms with Crippen LogP contribution in [0.15, 0.2) is 6.20 Å². The van der Waals surface area contributed by atoms with E-state index in [1.54, 1.807) is 11.7 Å². The Bertz CT molecular complexity index is 305. The molecule has 1 aromatic heterocycles. The lowest BCUT2D eigenvalue weighted by atomic mass is 10.1. The molecule has 0 fully saturated rings. The summed E-state index contributed by atoms with van der Waals surface area (Å²) in [5.74, 6) is -0.357. The van der Waals surface area contributed by atoms with E-state index in [2.05, 4.69) is 16.8 Å². The van der Waals surface area contributed by atoms with Gasteiger partial charge in [0.2, 0.25) is 0 Å². The molecule has 1 heterocycles. The summed E-state index contributed by atoms with van der Waals surface area (Å²) in [6, 6.07) is 0. The summed E-state index contributed by atoms with van der Waals surface area (Å²) in [5.41, 5.74) is 1.39. The molecule has 0 radical (unpaired) electrons. The summed E-state index contributed by atoms with van der Waals surface area (Å²) in [7, 11) is 3.17. The Kier molecular flexibility index (Phi) is 3.06. The van der Waals surface area contributed by atoms with Gasteiger partial charge in [0, 0.05) is 18.8 Å². The largest absolute Gasteiger partial charge is 0.464 e. The predicted octanol–water partition coefficient (Wildman–Crippen LogP) is 1.16. The number of rotatable bonds is 3. The van der Waals surface area contributed by atoms with Crippen LogP contribution in [0.5, 0.6) is 0 Å². The molecule has 0 aliphatic carbocycles. The first kappa shape index (κ1) is 9.77. The second-order valence-electron chi connectivity index (χ2n) is 2.92. The highest BCUT2D eigenvalue weighted by Crippen LogP contribution is 2.09. The number of ether oxygens (including phenoxy) is 1. The monoisotopic (exact) mass is 182 g/mol. The second kappa shape index (κ2) is 4.07. The molecule has 13 heavy (non-hydrogen) atoms. The number of hydrogen-bond acceptors (Lipinski definition) is 3. The SMILES string of the molecule is CCCc1cn(C)nc1C(=O)OC. The highest BCUT2D eigenvalue weighted by atomic mass is 16.5. The highest BCUT2D eigenvalue weighted by Gasteiger charge is 2.15. The number of methoxy groups -OCH3 is 1. The van der Waals surface area contributed by atoms with Crippen molar-refractivity contribution in [3.8, 4) is 0 Å². The quantitative estimate of drug-likeness (QED) is 0.659. The van der Waals surface area contributed by atoms with Gasteiger partial charge in [0.25, 0.3) is 0 Å². The molecule has 0 bridgehead atoms. The van der Waals surface area contributed by atoms with Crippen molar-refractivity contribution in [2.45, 2.75) is 19.8 Å². The molecule has 0 atom stereocenters. The van der Waals surface area contributed by atoms with Crippen molar-refractivity contribution in [3.05, 3.63) is 17.5 Å². The number of aryl methyl sites for hydroxylation is 2. The maximum absolute atomic E-state index is 11.2. The summed E-state index contributed by atoms with van der Waals surface area (Å²) in [6.07, 6.45) is 3.71. The molecule has 72 valence electrons. The van der Waals surface area contributed by atoms with Crippen LogP contribution < -0.4 is 0 Å². The van der Waals surface area contributed by atoms with Crippen molar-refractivity contribution >= 4 is 5.97 Å². The Morgan fingerprint density at radius 3 is 2.92 bits per heavy atom. The molecular weight excluding hydrogens is 168 g/mol. The summed E-state index contributed by atoms with van der Waals surface area (Å²) in [4.78, 5) is 11.2. The first-order valence-electron chi connectivity index (χ1n) is 4.29. The zero-order valence-electron chi connectivity index (χ0n) is 8.20. The Hall–Kier alpha value is -1.32. The van der Waals surface area contributed by atoms with Crippen LogP contribution in [0.4, 0.5) is 0 Å². The van der Waals surface area contributed by atoms with Gasteiger partial charge in [-0.2, -0.15) is 5.10 Å². The lowest BCUT2D eigenvalue weighted by Crippen LogP contribution is -2.05. The van der Waals surface area contributed by atoms with Gasteiger partial charge < -0.3 is 4.74 Å². The van der Waals surface area contributed by atoms with Gasteiger partial charge >= 0.3 is 5.97 Å². The van der Waals surface area contributed by atoms with Gasteiger partial charge in [0.15, 0.2) is 5.69 Å². The third kappa shape index (κ3) is 2.08. The van der Waals surface area contributed by atoms with E-state index in [0.29, 0.717) is 5.69 Å². The molecule has 0 aliphatic rings. The van der Waals surface area contributed by atoms with Gasteiger partial charge in [-0.3, -0.25) is 4.68 Å². The van der Waals surface area contributed by atoms with Crippen molar-refractivity contribution in [1.82, 2.24) is 9.78 Å². The fraction of sp³-hybridized carbons (Fsp3) is 0.556. The molecule has 1 aromatic rings. The van der Waals surface area contributed by atoms with Gasteiger partial charge in [0.05, 0.1) is 7.11 Å². The normalized spacial score (nSPS) is 10.1. The van der Waals surface area contributed by atoms with Gasteiger partial charge in [-0.25, -0.2) is 4.79 Å². The third-order valence-corrected chi connectivity index (χ3v) is 1.80. The van der Waals surface area contributed by atoms with Crippen LogP contribution in [0.2, 0.25) is 0 Å². The Morgan fingerprint density at radius 1 is 1.69 bits per heavy atom. The van der Waals surface area contributed by atoms with Crippen LogP contribution in [0.3, 0.4) is 0 Å². The summed E-state index contributed by atoms with van der Waals surface area (Å²) >= 11 is 0. The highest BCUT2D eigenvalue weighted by molar-refractivity contribution is 5.88. The lowest BCUT2D eigenvalue weighted by Gasteiger charge is -1.97. The van der Waals surface area contributed by atoms with E-state index in [4.69, 9.17) is 0 Å². The Labute approximate surface area is 77.5 Å². The maximum Gasteiger partial charge on any atom is 0.358 e. The summed E-state index contributed by atoms with van der Waals surface area (Å²) in [6.45, 7) is 2.06. The van der Waals surface area contributed by atoms with Gasteiger partial charge in [-0.15, -0.1) is 0 Å². The number of carbonyl (C=O) groups excluding carboxylic acids is 1. The molecule has 0 unspecified atom stereocenters. The fourth-order valence-electron chi connectivity index (χ4n) is 1.26. The van der Waals surface area contributed by atoms with E-state index in [-0.39, 0.29) is 5.97 Å². The van der Waals surface area contributed by atoms with Crippen LogP contribution >= 0.6 is 0 Å². The molecule has 4 nitrogen and oxygen atoms in total. The van der Waals surface area contributed by atoms with Crippen molar-refractivity contribution in [2.75, 3.05) is 7.11 Å². The standard InChI is InChI=1S/C9H14N2O2/c1-4-5-7-6-11(2)10-8(7)9(12)13-3/h6H,4-5H2,1-3H3. The van der Waals surface area contributed by atoms with Gasteiger partial charge in [-0.1, -0.05) is 13.3 Å². The molecule has 1 rings (SSSR count). The molecule has 0 aromatic carbocycles. The molecule has 0 spiro atoms. The minimum Gasteiger partial charge on any atom is -0.464 e. The van der Waals surface area contributed by atoms with Gasteiger partial charge in [0.1, 0.15) is 0 Å². The van der Waals surface area contributed by atoms with Crippen LogP contribution in [0.1, 0.15) is 29.4 Å². The average molecular weight is 182 g/mol. The van der Waals surface area contributed by atoms with E-state index in [1.807, 2.05) is 6.20 Å². The zero-order valence-corrected chi connectivity index (χ0v) is 8.20. The zero-order chi connectivity index (χ0) is 9.84. The van der Waals surface area contributed by atoms with Crippen molar-refractivity contribution in [2.24, 2.45) is 7.05 Å². The van der Waals surface area contributed by atoms with Crippen LogP contribution in [-0.2, 0) is 18.2 Å². The third-order valence-electron chi connectivity index (χ3n) is 1.80. The molecule has 0 saturated heterocycles. The van der Waals surface area contributed by atoms with E-state index in [9.17, 15) is 4.79 Å². The summed E-state index contributed by atoms with van der Waals surface area (Å²) < 4.78 is 6.26. The number of esters is 1. The number of hydrogen-bond donors (Lipinski definition) is 0. The smallest absolute Gasteiger partial charge is 0.358 e. The van der Waals surface area contributed by atoms with E-state index in [0.717, 1.165) is 18.4 Å². The molecule has 0 aliphatic heterocycles. The van der Waals surface area contributed by atoms with Crippen molar-refractivity contribution in [3.63, 3.8) is 0 Å². The number of aromatic nitrogens is 2. The van der Waals surface area contributed by atoms with Crippen LogP contribution in [0.25, 0.3) is 0 Å². The van der Waals surface area contributed by atoms with Gasteiger partial charge in [-0.05, 0) is 6.42 Å². The first-order chi connectivity index (χ1) is 6.19. The van der Waals surface area contributed by atoms with E-state index in [1.165, 1.54) is 7.11 Å². The van der Waals surface area contributed by atoms with Crippen molar-refractivity contribution < 1.29 is 9.53 Å². The number of nitrogens with zero attached hydrogens (tertiary/aromatic N) is 2. The average Bonchev–Trinajstić information content (AvgIpc) is 2.46. The number of carbonyl (C=O) groups is 1. The van der Waals surface area contributed by atoms with Crippen LogP contribution in [0, 0.1) is 0 Å². The van der Waals surface area contributed by atoms with E-state index < -0.39 is 0 Å². The first-order valence-corrected chi connectivity index (χ1v) is 4.29. The molecular formula is C9H14N2O2. The van der Waals surface area contributed by atoms with Crippen LogP contribution in [-0.4, -0.2) is 22.9 Å².